The summed E-state index contributed by atoms with van der Waals surface area (Å²) in [6.45, 7) is 4.41. The quantitative estimate of drug-likeness (QED) is 0.761. The zero-order valence-corrected chi connectivity index (χ0v) is 11.2. The van der Waals surface area contributed by atoms with Crippen molar-refractivity contribution in [3.63, 3.8) is 0 Å². The topological polar surface area (TPSA) is 26.0 Å². The summed E-state index contributed by atoms with van der Waals surface area (Å²) in [6, 6.07) is 8.60. The van der Waals surface area contributed by atoms with E-state index in [1.54, 1.807) is 0 Å². The predicted octanol–water partition coefficient (Wildman–Crippen LogP) is 4.14. The molecular formula is C16H25N. The Kier molecular flexibility index (Phi) is 3.88. The maximum atomic E-state index is 6.68. The van der Waals surface area contributed by atoms with Gasteiger partial charge < -0.3 is 5.73 Å². The molecule has 17 heavy (non-hydrogen) atoms. The third kappa shape index (κ3) is 2.71. The Hall–Kier alpha value is -0.820. The molecule has 94 valence electrons. The number of rotatable bonds is 2. The van der Waals surface area contributed by atoms with Crippen molar-refractivity contribution in [3.8, 4) is 0 Å². The lowest BCUT2D eigenvalue weighted by molar-refractivity contribution is 0.268. The zero-order chi connectivity index (χ0) is 12.3. The lowest BCUT2D eigenvalue weighted by Crippen LogP contribution is -2.41. The Morgan fingerprint density at radius 2 is 1.65 bits per heavy atom. The van der Waals surface area contributed by atoms with Crippen LogP contribution in [-0.4, -0.2) is 0 Å². The molecule has 0 heterocycles. The van der Waals surface area contributed by atoms with E-state index in [2.05, 4.69) is 38.1 Å². The normalized spacial score (nSPS) is 21.8. The fraction of sp³-hybridized carbons (Fsp3) is 0.625. The van der Waals surface area contributed by atoms with Gasteiger partial charge in [0.15, 0.2) is 0 Å². The summed E-state index contributed by atoms with van der Waals surface area (Å²) in [5.41, 5.74) is 9.20. The van der Waals surface area contributed by atoms with E-state index in [0.717, 1.165) is 0 Å². The van der Waals surface area contributed by atoms with E-state index in [4.69, 9.17) is 5.73 Å². The second-order valence-corrected chi connectivity index (χ2v) is 5.79. The van der Waals surface area contributed by atoms with Crippen molar-refractivity contribution < 1.29 is 0 Å². The number of hydrogen-bond acceptors (Lipinski definition) is 1. The average Bonchev–Trinajstić information content (AvgIpc) is 2.58. The second-order valence-electron chi connectivity index (χ2n) is 5.79. The van der Waals surface area contributed by atoms with Crippen molar-refractivity contribution >= 4 is 0 Å². The first-order chi connectivity index (χ1) is 8.12. The van der Waals surface area contributed by atoms with Crippen LogP contribution in [0.5, 0.6) is 0 Å². The molecule has 0 spiro atoms. The minimum Gasteiger partial charge on any atom is -0.321 e. The van der Waals surface area contributed by atoms with Gasteiger partial charge in [-0.05, 0) is 43.7 Å². The molecule has 1 unspecified atom stereocenters. The molecule has 0 saturated heterocycles. The van der Waals surface area contributed by atoms with Gasteiger partial charge in [0.2, 0.25) is 0 Å². The van der Waals surface area contributed by atoms with E-state index in [-0.39, 0.29) is 5.54 Å². The summed E-state index contributed by atoms with van der Waals surface area (Å²) in [7, 11) is 0. The van der Waals surface area contributed by atoms with Crippen LogP contribution in [0, 0.1) is 12.8 Å². The monoisotopic (exact) mass is 231 g/mol. The third-order valence-corrected chi connectivity index (χ3v) is 4.43. The predicted molar refractivity (Wildman–Crippen MR) is 73.9 cm³/mol. The first kappa shape index (κ1) is 12.6. The maximum absolute atomic E-state index is 6.68. The molecule has 1 fully saturated rings. The molecule has 0 aliphatic heterocycles. The molecule has 0 radical (unpaired) electrons. The van der Waals surface area contributed by atoms with Gasteiger partial charge in [0.25, 0.3) is 0 Å². The van der Waals surface area contributed by atoms with Gasteiger partial charge in [-0.25, -0.2) is 0 Å². The number of nitrogens with two attached hydrogens (primary N) is 1. The first-order valence-electron chi connectivity index (χ1n) is 6.97. The molecule has 1 aliphatic carbocycles. The van der Waals surface area contributed by atoms with Crippen molar-refractivity contribution in [3.05, 3.63) is 35.4 Å². The second kappa shape index (κ2) is 5.22. The van der Waals surface area contributed by atoms with Gasteiger partial charge in [-0.15, -0.1) is 0 Å². The van der Waals surface area contributed by atoms with Crippen molar-refractivity contribution in [2.75, 3.05) is 0 Å². The van der Waals surface area contributed by atoms with Gasteiger partial charge in [-0.1, -0.05) is 49.9 Å². The van der Waals surface area contributed by atoms with Gasteiger partial charge >= 0.3 is 0 Å². The van der Waals surface area contributed by atoms with Gasteiger partial charge in [0.05, 0.1) is 0 Å². The van der Waals surface area contributed by atoms with Gasteiger partial charge in [0.1, 0.15) is 0 Å². The summed E-state index contributed by atoms with van der Waals surface area (Å²) < 4.78 is 0. The number of aryl methyl sites for hydroxylation is 1. The highest BCUT2D eigenvalue weighted by Crippen LogP contribution is 2.37. The Morgan fingerprint density at radius 1 is 1.06 bits per heavy atom. The molecule has 0 bridgehead atoms. The van der Waals surface area contributed by atoms with Crippen LogP contribution in [0.1, 0.15) is 56.6 Å². The third-order valence-electron chi connectivity index (χ3n) is 4.43. The summed E-state index contributed by atoms with van der Waals surface area (Å²) in [5, 5.41) is 0. The Balaban J connectivity index is 2.25. The molecule has 2 N–H and O–H groups in total. The van der Waals surface area contributed by atoms with Gasteiger partial charge in [-0.2, -0.15) is 0 Å². The van der Waals surface area contributed by atoms with Crippen LogP contribution in [0.15, 0.2) is 24.3 Å². The fourth-order valence-electron chi connectivity index (χ4n) is 3.28. The largest absolute Gasteiger partial charge is 0.321 e. The van der Waals surface area contributed by atoms with Gasteiger partial charge in [0, 0.05) is 5.54 Å². The van der Waals surface area contributed by atoms with Crippen molar-refractivity contribution in [2.45, 2.75) is 57.9 Å². The molecular weight excluding hydrogens is 206 g/mol. The Morgan fingerprint density at radius 3 is 2.24 bits per heavy atom. The summed E-state index contributed by atoms with van der Waals surface area (Å²) >= 11 is 0. The number of benzene rings is 1. The molecule has 1 heteroatoms. The minimum atomic E-state index is -0.157. The van der Waals surface area contributed by atoms with Crippen LogP contribution < -0.4 is 5.73 Å². The highest BCUT2D eigenvalue weighted by Gasteiger charge is 2.32. The summed E-state index contributed by atoms with van der Waals surface area (Å²) in [6.07, 6.45) is 8.07. The van der Waals surface area contributed by atoms with Crippen LogP contribution in [0.4, 0.5) is 0 Å². The molecule has 1 saturated carbocycles. The van der Waals surface area contributed by atoms with Crippen LogP contribution in [0.2, 0.25) is 0 Å². The van der Waals surface area contributed by atoms with Crippen LogP contribution in [0.25, 0.3) is 0 Å². The molecule has 1 aliphatic rings. The molecule has 2 rings (SSSR count). The average molecular weight is 231 g/mol. The van der Waals surface area contributed by atoms with Crippen molar-refractivity contribution in [2.24, 2.45) is 11.7 Å². The van der Waals surface area contributed by atoms with Gasteiger partial charge in [-0.3, -0.25) is 0 Å². The smallest absolute Gasteiger partial charge is 0.0412 e. The van der Waals surface area contributed by atoms with E-state index in [0.29, 0.717) is 5.92 Å². The Bertz CT molecular complexity index is 360. The lowest BCUT2D eigenvalue weighted by Gasteiger charge is -2.35. The van der Waals surface area contributed by atoms with Crippen molar-refractivity contribution in [1.82, 2.24) is 0 Å². The molecule has 1 atom stereocenters. The highest BCUT2D eigenvalue weighted by atomic mass is 14.7. The van der Waals surface area contributed by atoms with E-state index in [1.165, 1.54) is 49.7 Å². The van der Waals surface area contributed by atoms with Crippen LogP contribution in [0.3, 0.4) is 0 Å². The molecule has 0 aromatic heterocycles. The highest BCUT2D eigenvalue weighted by molar-refractivity contribution is 5.32. The van der Waals surface area contributed by atoms with E-state index < -0.39 is 0 Å². The standard InChI is InChI=1S/C16H25N/c1-13-9-7-8-12-15(13)16(2,17)14-10-5-3-4-6-11-14/h7-9,12,14H,3-6,10-11,17H2,1-2H3. The van der Waals surface area contributed by atoms with E-state index >= 15 is 0 Å². The molecule has 1 aromatic rings. The fourth-order valence-corrected chi connectivity index (χ4v) is 3.28. The van der Waals surface area contributed by atoms with E-state index in [9.17, 15) is 0 Å². The van der Waals surface area contributed by atoms with E-state index in [1.807, 2.05) is 0 Å². The summed E-state index contributed by atoms with van der Waals surface area (Å²) in [5.74, 6) is 0.645. The zero-order valence-electron chi connectivity index (χ0n) is 11.2. The van der Waals surface area contributed by atoms with Crippen molar-refractivity contribution in [1.29, 1.82) is 0 Å². The molecule has 0 amide bonds. The summed E-state index contributed by atoms with van der Waals surface area (Å²) in [4.78, 5) is 0. The van der Waals surface area contributed by atoms with Crippen LogP contribution >= 0.6 is 0 Å². The number of hydrogen-bond donors (Lipinski definition) is 1. The molecule has 1 aromatic carbocycles. The van der Waals surface area contributed by atoms with Crippen LogP contribution in [-0.2, 0) is 5.54 Å². The maximum Gasteiger partial charge on any atom is 0.0412 e. The Labute approximate surface area is 105 Å². The SMILES string of the molecule is Cc1ccccc1C(C)(N)C1CCCCCC1. The minimum absolute atomic E-state index is 0.157. The molecule has 1 nitrogen and oxygen atoms in total. The lowest BCUT2D eigenvalue weighted by atomic mass is 9.75. The first-order valence-corrected chi connectivity index (χ1v) is 6.97.